The van der Waals surface area contributed by atoms with Crippen LogP contribution in [-0.2, 0) is 14.2 Å². The molecule has 3 heteroatoms. The molecular formula is C13H18O3. The molecule has 4 rings (SSSR count). The first-order valence-corrected chi connectivity index (χ1v) is 5.97. The van der Waals surface area contributed by atoms with Crippen LogP contribution in [0.3, 0.4) is 0 Å². The Labute approximate surface area is 96.1 Å². The maximum Gasteiger partial charge on any atom is 0.213 e. The summed E-state index contributed by atoms with van der Waals surface area (Å²) in [6.45, 7) is 7.28. The summed E-state index contributed by atoms with van der Waals surface area (Å²) in [4.78, 5) is 0. The molecule has 4 aliphatic rings. The van der Waals surface area contributed by atoms with Gasteiger partial charge in [-0.25, -0.2) is 0 Å². The molecule has 4 bridgehead atoms. The molecule has 88 valence electrons. The molecule has 2 saturated heterocycles. The lowest BCUT2D eigenvalue weighted by molar-refractivity contribution is -0.413. The van der Waals surface area contributed by atoms with Gasteiger partial charge in [0.25, 0.3) is 0 Å². The van der Waals surface area contributed by atoms with Crippen LogP contribution in [0.5, 0.6) is 0 Å². The Morgan fingerprint density at radius 1 is 0.938 bits per heavy atom. The second-order valence-electron chi connectivity index (χ2n) is 5.28. The topological polar surface area (TPSA) is 27.7 Å². The molecule has 0 unspecified atom stereocenters. The molecule has 3 nitrogen and oxygen atoms in total. The summed E-state index contributed by atoms with van der Waals surface area (Å²) < 4.78 is 17.4. The van der Waals surface area contributed by atoms with Gasteiger partial charge in [-0.3, -0.25) is 4.74 Å². The van der Waals surface area contributed by atoms with Crippen LogP contribution in [-0.4, -0.2) is 11.6 Å². The smallest absolute Gasteiger partial charge is 0.213 e. The molecule has 2 saturated carbocycles. The van der Waals surface area contributed by atoms with Crippen molar-refractivity contribution in [2.24, 2.45) is 11.8 Å². The van der Waals surface area contributed by atoms with Crippen molar-refractivity contribution in [2.45, 2.75) is 43.7 Å². The highest BCUT2D eigenvalue weighted by molar-refractivity contribution is 5.02. The molecule has 0 aromatic rings. The molecule has 0 aromatic heterocycles. The minimum atomic E-state index is -0.477. The van der Waals surface area contributed by atoms with Crippen LogP contribution in [0.1, 0.15) is 32.1 Å². The van der Waals surface area contributed by atoms with Crippen molar-refractivity contribution >= 4 is 0 Å². The maximum atomic E-state index is 6.09. The van der Waals surface area contributed by atoms with Crippen molar-refractivity contribution in [1.82, 2.24) is 0 Å². The van der Waals surface area contributed by atoms with E-state index in [1.807, 2.05) is 0 Å². The monoisotopic (exact) mass is 222 g/mol. The van der Waals surface area contributed by atoms with E-state index < -0.39 is 11.6 Å². The molecular weight excluding hydrogens is 204 g/mol. The van der Waals surface area contributed by atoms with Crippen molar-refractivity contribution < 1.29 is 14.2 Å². The minimum absolute atomic E-state index is 0.477. The van der Waals surface area contributed by atoms with Gasteiger partial charge < -0.3 is 9.47 Å². The van der Waals surface area contributed by atoms with Crippen molar-refractivity contribution in [3.8, 4) is 0 Å². The summed E-state index contributed by atoms with van der Waals surface area (Å²) in [7, 11) is 0. The van der Waals surface area contributed by atoms with E-state index in [9.17, 15) is 0 Å². The summed E-state index contributed by atoms with van der Waals surface area (Å²) in [5.41, 5.74) is 0. The molecule has 16 heavy (non-hydrogen) atoms. The fourth-order valence-electron chi connectivity index (χ4n) is 3.93. The zero-order valence-corrected chi connectivity index (χ0v) is 9.48. The van der Waals surface area contributed by atoms with Gasteiger partial charge in [0.1, 0.15) is 0 Å². The molecule has 0 atom stereocenters. The molecule has 0 radical (unpaired) electrons. The summed E-state index contributed by atoms with van der Waals surface area (Å²) in [6.07, 6.45) is 8.16. The lowest BCUT2D eigenvalue weighted by Gasteiger charge is -2.59. The van der Waals surface area contributed by atoms with E-state index in [1.54, 1.807) is 0 Å². The Balaban J connectivity index is 1.90. The second-order valence-corrected chi connectivity index (χ2v) is 5.28. The Kier molecular flexibility index (Phi) is 2.08. The van der Waals surface area contributed by atoms with Crippen molar-refractivity contribution in [3.05, 3.63) is 25.7 Å². The van der Waals surface area contributed by atoms with Crippen molar-refractivity contribution in [2.75, 3.05) is 0 Å². The molecule has 2 aliphatic carbocycles. The van der Waals surface area contributed by atoms with E-state index in [1.165, 1.54) is 18.9 Å². The summed E-state index contributed by atoms with van der Waals surface area (Å²) >= 11 is 0. The average molecular weight is 222 g/mol. The number of hydrogen-bond acceptors (Lipinski definition) is 3. The number of rotatable bonds is 4. The fourth-order valence-corrected chi connectivity index (χ4v) is 3.93. The maximum absolute atomic E-state index is 6.09. The summed E-state index contributed by atoms with van der Waals surface area (Å²) in [5.74, 6) is 0.353. The Bertz CT molecular complexity index is 281. The van der Waals surface area contributed by atoms with Crippen LogP contribution in [0.15, 0.2) is 25.7 Å². The Morgan fingerprint density at radius 2 is 1.38 bits per heavy atom. The van der Waals surface area contributed by atoms with Gasteiger partial charge in [0, 0.05) is 25.7 Å². The SMILES string of the molecule is C=COC12CC3CC(C1)CC(OC=C)(C3)O2. The zero-order valence-electron chi connectivity index (χ0n) is 9.48. The lowest BCUT2D eigenvalue weighted by atomic mass is 9.64. The normalized spacial score (nSPS) is 48.8. The highest BCUT2D eigenvalue weighted by Gasteiger charge is 2.61. The van der Waals surface area contributed by atoms with E-state index in [0.29, 0.717) is 11.8 Å². The predicted molar refractivity (Wildman–Crippen MR) is 59.2 cm³/mol. The first kappa shape index (κ1) is 10.2. The van der Waals surface area contributed by atoms with E-state index in [0.717, 1.165) is 25.7 Å². The Morgan fingerprint density at radius 3 is 1.75 bits per heavy atom. The van der Waals surface area contributed by atoms with Gasteiger partial charge in [-0.15, -0.1) is 0 Å². The van der Waals surface area contributed by atoms with Crippen LogP contribution in [0.25, 0.3) is 0 Å². The summed E-state index contributed by atoms with van der Waals surface area (Å²) in [5, 5.41) is 0. The van der Waals surface area contributed by atoms with Crippen LogP contribution < -0.4 is 0 Å². The Hall–Kier alpha value is -0.960. The zero-order chi connectivity index (χ0) is 11.2. The van der Waals surface area contributed by atoms with Gasteiger partial charge in [-0.2, -0.15) is 0 Å². The number of hydrogen-bond donors (Lipinski definition) is 0. The first-order valence-electron chi connectivity index (χ1n) is 5.97. The van der Waals surface area contributed by atoms with Gasteiger partial charge in [-0.1, -0.05) is 13.2 Å². The molecule has 0 N–H and O–H groups in total. The first-order chi connectivity index (χ1) is 7.69. The van der Waals surface area contributed by atoms with E-state index >= 15 is 0 Å². The van der Waals surface area contributed by atoms with Gasteiger partial charge in [0.15, 0.2) is 0 Å². The van der Waals surface area contributed by atoms with E-state index in [-0.39, 0.29) is 0 Å². The van der Waals surface area contributed by atoms with E-state index in [2.05, 4.69) is 13.2 Å². The average Bonchev–Trinajstić information content (AvgIpc) is 2.14. The third-order valence-electron chi connectivity index (χ3n) is 4.03. The fraction of sp³-hybridized carbons (Fsp3) is 0.692. The van der Waals surface area contributed by atoms with E-state index in [4.69, 9.17) is 14.2 Å². The van der Waals surface area contributed by atoms with Crippen LogP contribution in [0.2, 0.25) is 0 Å². The predicted octanol–water partition coefficient (Wildman–Crippen LogP) is 2.94. The molecule has 2 aliphatic heterocycles. The standard InChI is InChI=1S/C13H18O3/c1-3-14-12-6-10-5-11(7-12)9-13(8-10,16-12)15-4-2/h3-4,10-11H,1-2,5-9H2. The van der Waals surface area contributed by atoms with Crippen LogP contribution in [0, 0.1) is 11.8 Å². The molecule has 2 heterocycles. The highest BCUT2D eigenvalue weighted by atomic mass is 16.8. The van der Waals surface area contributed by atoms with Crippen molar-refractivity contribution in [3.63, 3.8) is 0 Å². The highest BCUT2D eigenvalue weighted by Crippen LogP contribution is 2.58. The third kappa shape index (κ3) is 1.38. The molecule has 0 amide bonds. The van der Waals surface area contributed by atoms with Crippen LogP contribution >= 0.6 is 0 Å². The summed E-state index contributed by atoms with van der Waals surface area (Å²) in [6, 6.07) is 0. The minimum Gasteiger partial charge on any atom is -0.470 e. The largest absolute Gasteiger partial charge is 0.470 e. The van der Waals surface area contributed by atoms with Gasteiger partial charge in [0.05, 0.1) is 12.5 Å². The second kappa shape index (κ2) is 3.27. The third-order valence-corrected chi connectivity index (χ3v) is 4.03. The van der Waals surface area contributed by atoms with Crippen LogP contribution in [0.4, 0.5) is 0 Å². The quantitative estimate of drug-likeness (QED) is 0.684. The van der Waals surface area contributed by atoms with Crippen molar-refractivity contribution in [1.29, 1.82) is 0 Å². The lowest BCUT2D eigenvalue weighted by Crippen LogP contribution is -2.62. The number of ether oxygens (including phenoxy) is 3. The molecule has 0 spiro atoms. The molecule has 4 fully saturated rings. The molecule has 0 aromatic carbocycles. The van der Waals surface area contributed by atoms with Gasteiger partial charge in [0.2, 0.25) is 11.6 Å². The van der Waals surface area contributed by atoms with Gasteiger partial charge >= 0.3 is 0 Å². The van der Waals surface area contributed by atoms with Gasteiger partial charge in [-0.05, 0) is 18.3 Å².